The third-order valence-electron chi connectivity index (χ3n) is 6.68. The van der Waals surface area contributed by atoms with E-state index in [1.54, 1.807) is 35.2 Å². The van der Waals surface area contributed by atoms with Gasteiger partial charge < -0.3 is 4.90 Å². The quantitative estimate of drug-likeness (QED) is 0.433. The number of halogens is 1. The SMILES string of the molecule is CCC(C)[C@H]1NC(c2ccccc2)c2cc(Cl)ccc2N(CCC(=O)NS(=O)(=O)c2ccccc2)C1=O. The molecule has 9 heteroatoms. The second kappa shape index (κ2) is 11.5. The average Bonchev–Trinajstić information content (AvgIpc) is 3.01. The number of sulfonamides is 1. The fourth-order valence-electron chi connectivity index (χ4n) is 4.50. The van der Waals surface area contributed by atoms with Crippen molar-refractivity contribution in [1.82, 2.24) is 10.0 Å². The molecule has 0 bridgehead atoms. The normalized spacial score (nSPS) is 18.6. The number of benzene rings is 3. The van der Waals surface area contributed by atoms with Crippen LogP contribution in [0.3, 0.4) is 0 Å². The Labute approximate surface area is 222 Å². The van der Waals surface area contributed by atoms with Crippen LogP contribution in [-0.4, -0.2) is 32.8 Å². The van der Waals surface area contributed by atoms with Crippen molar-refractivity contribution in [3.63, 3.8) is 0 Å². The molecule has 1 aliphatic rings. The molecule has 7 nitrogen and oxygen atoms in total. The molecule has 1 aliphatic heterocycles. The van der Waals surface area contributed by atoms with E-state index in [1.165, 1.54) is 12.1 Å². The molecule has 3 aromatic carbocycles. The number of fused-ring (bicyclic) bond motifs is 1. The Balaban J connectivity index is 1.66. The molecule has 3 atom stereocenters. The van der Waals surface area contributed by atoms with Crippen molar-refractivity contribution in [3.8, 4) is 0 Å². The summed E-state index contributed by atoms with van der Waals surface area (Å²) in [6, 6.07) is 22.0. The maximum atomic E-state index is 13.9. The molecule has 0 aliphatic carbocycles. The van der Waals surface area contributed by atoms with E-state index in [9.17, 15) is 18.0 Å². The molecular formula is C28H30ClN3O4S. The first-order valence-corrected chi connectivity index (χ1v) is 14.1. The highest BCUT2D eigenvalue weighted by atomic mass is 35.5. The maximum absolute atomic E-state index is 13.9. The van der Waals surface area contributed by atoms with E-state index >= 15 is 0 Å². The summed E-state index contributed by atoms with van der Waals surface area (Å²) in [6.45, 7) is 4.05. The molecule has 0 aromatic heterocycles. The average molecular weight is 540 g/mol. The molecule has 1 heterocycles. The van der Waals surface area contributed by atoms with E-state index in [2.05, 4.69) is 10.0 Å². The summed E-state index contributed by atoms with van der Waals surface area (Å²) >= 11 is 6.39. The minimum atomic E-state index is -4.01. The zero-order chi connectivity index (χ0) is 26.6. The van der Waals surface area contributed by atoms with Gasteiger partial charge in [0, 0.05) is 23.7 Å². The van der Waals surface area contributed by atoms with Crippen molar-refractivity contribution >= 4 is 39.1 Å². The van der Waals surface area contributed by atoms with Crippen LogP contribution in [0.25, 0.3) is 0 Å². The van der Waals surface area contributed by atoms with Crippen LogP contribution in [0.15, 0.2) is 83.8 Å². The molecular weight excluding hydrogens is 510 g/mol. The summed E-state index contributed by atoms with van der Waals surface area (Å²) in [4.78, 5) is 28.2. The lowest BCUT2D eigenvalue weighted by atomic mass is 9.94. The highest BCUT2D eigenvalue weighted by molar-refractivity contribution is 7.90. The molecule has 0 saturated heterocycles. The van der Waals surface area contributed by atoms with Gasteiger partial charge in [0.05, 0.1) is 17.0 Å². The Kier molecular flexibility index (Phi) is 8.32. The molecule has 37 heavy (non-hydrogen) atoms. The molecule has 4 rings (SSSR count). The highest BCUT2D eigenvalue weighted by Gasteiger charge is 2.37. The number of carbonyl (C=O) groups is 2. The van der Waals surface area contributed by atoms with Gasteiger partial charge in [-0.3, -0.25) is 14.9 Å². The number of nitrogens with zero attached hydrogens (tertiary/aromatic N) is 1. The minimum Gasteiger partial charge on any atom is -0.310 e. The Hall–Kier alpha value is -3.20. The molecule has 0 fully saturated rings. The number of carbonyl (C=O) groups excluding carboxylic acids is 2. The number of hydrogen-bond donors (Lipinski definition) is 2. The number of anilines is 1. The molecule has 0 saturated carbocycles. The molecule has 0 radical (unpaired) electrons. The van der Waals surface area contributed by atoms with E-state index in [4.69, 9.17) is 11.6 Å². The predicted octanol–water partition coefficient (Wildman–Crippen LogP) is 4.68. The van der Waals surface area contributed by atoms with Crippen molar-refractivity contribution in [3.05, 3.63) is 95.0 Å². The van der Waals surface area contributed by atoms with Gasteiger partial charge in [0.25, 0.3) is 10.0 Å². The van der Waals surface area contributed by atoms with Gasteiger partial charge >= 0.3 is 0 Å². The van der Waals surface area contributed by atoms with Gasteiger partial charge in [-0.25, -0.2) is 13.1 Å². The number of hydrogen-bond acceptors (Lipinski definition) is 5. The van der Waals surface area contributed by atoms with Gasteiger partial charge in [0.2, 0.25) is 11.8 Å². The second-order valence-electron chi connectivity index (χ2n) is 9.16. The van der Waals surface area contributed by atoms with Gasteiger partial charge in [-0.15, -0.1) is 0 Å². The standard InChI is InChI=1S/C28H30ClN3O4S/c1-3-19(2)26-28(34)32(17-16-25(33)31-37(35,36)22-12-8-5-9-13-22)24-15-14-21(29)18-23(24)27(30-26)20-10-6-4-7-11-20/h4-15,18-19,26-27,30H,3,16-17H2,1-2H3,(H,31,33)/t19?,26-,27?/m1/s1. The summed E-state index contributed by atoms with van der Waals surface area (Å²) in [6.07, 6.45) is 0.578. The molecule has 194 valence electrons. The zero-order valence-electron chi connectivity index (χ0n) is 20.7. The molecule has 0 spiro atoms. The molecule has 2 N–H and O–H groups in total. The molecule has 2 unspecified atom stereocenters. The van der Waals surface area contributed by atoms with Crippen LogP contribution in [0.4, 0.5) is 5.69 Å². The highest BCUT2D eigenvalue weighted by Crippen LogP contribution is 2.37. The van der Waals surface area contributed by atoms with Gasteiger partial charge in [-0.05, 0) is 47.4 Å². The van der Waals surface area contributed by atoms with Crippen LogP contribution in [0.1, 0.15) is 43.9 Å². The van der Waals surface area contributed by atoms with E-state index in [0.717, 1.165) is 17.5 Å². The lowest BCUT2D eigenvalue weighted by molar-refractivity contribution is -0.122. The van der Waals surface area contributed by atoms with E-state index in [0.29, 0.717) is 10.7 Å². The van der Waals surface area contributed by atoms with E-state index in [-0.39, 0.29) is 35.7 Å². The van der Waals surface area contributed by atoms with E-state index < -0.39 is 22.0 Å². The fourth-order valence-corrected chi connectivity index (χ4v) is 5.71. The Bertz CT molecular complexity index is 1370. The lowest BCUT2D eigenvalue weighted by Gasteiger charge is -2.28. The van der Waals surface area contributed by atoms with Crippen LogP contribution < -0.4 is 14.9 Å². The minimum absolute atomic E-state index is 0.000855. The smallest absolute Gasteiger partial charge is 0.264 e. The first-order chi connectivity index (χ1) is 17.7. The molecule has 2 amide bonds. The van der Waals surface area contributed by atoms with Crippen LogP contribution in [0.2, 0.25) is 5.02 Å². The van der Waals surface area contributed by atoms with Gasteiger partial charge in [0.15, 0.2) is 0 Å². The third kappa shape index (κ3) is 6.04. The fraction of sp³-hybridized carbons (Fsp3) is 0.286. The van der Waals surface area contributed by atoms with Crippen LogP contribution in [-0.2, 0) is 19.6 Å². The predicted molar refractivity (Wildman–Crippen MR) is 145 cm³/mol. The van der Waals surface area contributed by atoms with Gasteiger partial charge in [-0.2, -0.15) is 0 Å². The third-order valence-corrected chi connectivity index (χ3v) is 8.30. The summed E-state index contributed by atoms with van der Waals surface area (Å²) in [5.74, 6) is -0.850. The number of amides is 2. The topological polar surface area (TPSA) is 95.6 Å². The van der Waals surface area contributed by atoms with Crippen molar-refractivity contribution in [1.29, 1.82) is 0 Å². The summed E-state index contributed by atoms with van der Waals surface area (Å²) < 4.78 is 27.3. The lowest BCUT2D eigenvalue weighted by Crippen LogP contribution is -2.49. The van der Waals surface area contributed by atoms with Crippen LogP contribution >= 0.6 is 11.6 Å². The maximum Gasteiger partial charge on any atom is 0.264 e. The summed E-state index contributed by atoms with van der Waals surface area (Å²) in [5, 5.41) is 4.08. The largest absolute Gasteiger partial charge is 0.310 e. The number of rotatable bonds is 8. The van der Waals surface area contributed by atoms with E-state index in [1.807, 2.05) is 50.2 Å². The van der Waals surface area contributed by atoms with Crippen LogP contribution in [0.5, 0.6) is 0 Å². The van der Waals surface area contributed by atoms with Crippen molar-refractivity contribution in [2.24, 2.45) is 5.92 Å². The Morgan fingerprint density at radius 1 is 1.05 bits per heavy atom. The second-order valence-corrected chi connectivity index (χ2v) is 11.3. The summed E-state index contributed by atoms with van der Waals surface area (Å²) in [5.41, 5.74) is 2.44. The van der Waals surface area contributed by atoms with Gasteiger partial charge in [0.1, 0.15) is 0 Å². The Morgan fingerprint density at radius 3 is 2.35 bits per heavy atom. The summed E-state index contributed by atoms with van der Waals surface area (Å²) in [7, 11) is -4.01. The zero-order valence-corrected chi connectivity index (χ0v) is 22.3. The van der Waals surface area contributed by atoms with Crippen molar-refractivity contribution in [2.75, 3.05) is 11.4 Å². The van der Waals surface area contributed by atoms with Crippen molar-refractivity contribution < 1.29 is 18.0 Å². The Morgan fingerprint density at radius 2 is 1.70 bits per heavy atom. The van der Waals surface area contributed by atoms with Crippen LogP contribution in [0, 0.1) is 5.92 Å². The van der Waals surface area contributed by atoms with Gasteiger partial charge in [-0.1, -0.05) is 80.4 Å². The monoisotopic (exact) mass is 539 g/mol. The number of nitrogens with one attached hydrogen (secondary N) is 2. The van der Waals surface area contributed by atoms with Crippen molar-refractivity contribution in [2.45, 2.75) is 43.7 Å². The first-order valence-electron chi connectivity index (χ1n) is 12.2. The first kappa shape index (κ1) is 26.9. The molecule has 3 aromatic rings.